The molecule has 1 aromatic heterocycles. The number of methoxy groups -OCH3 is 1. The molecule has 0 fully saturated rings. The minimum Gasteiger partial charge on any atom is -0.497 e. The summed E-state index contributed by atoms with van der Waals surface area (Å²) in [5, 5.41) is 6.13. The van der Waals surface area contributed by atoms with Crippen molar-refractivity contribution in [1.29, 1.82) is 0 Å². The predicted molar refractivity (Wildman–Crippen MR) is 105 cm³/mol. The molecule has 1 amide bonds. The van der Waals surface area contributed by atoms with Crippen molar-refractivity contribution in [2.75, 3.05) is 18.7 Å². The average Bonchev–Trinajstić information content (AvgIpc) is 3.05. The van der Waals surface area contributed by atoms with Gasteiger partial charge in [-0.1, -0.05) is 11.3 Å². The minimum absolute atomic E-state index is 0.210. The Labute approximate surface area is 155 Å². The number of hydrazone groups is 1. The van der Waals surface area contributed by atoms with Crippen LogP contribution in [0.15, 0.2) is 47.6 Å². The van der Waals surface area contributed by atoms with Crippen LogP contribution < -0.4 is 14.5 Å². The Balaban J connectivity index is 1.86. The fraction of sp³-hybridized carbons (Fsp3) is 0.211. The molecule has 0 bridgehead atoms. The molecule has 0 unspecified atom stereocenters. The number of fused-ring (bicyclic) bond motifs is 1. The molecule has 7 heteroatoms. The molecule has 0 saturated carbocycles. The summed E-state index contributed by atoms with van der Waals surface area (Å²) in [6.45, 7) is 4.02. The quantitative estimate of drug-likeness (QED) is 0.485. The van der Waals surface area contributed by atoms with Crippen LogP contribution in [0.1, 0.15) is 19.4 Å². The third kappa shape index (κ3) is 4.00. The number of nitrogens with zero attached hydrogens (tertiary/aromatic N) is 3. The van der Waals surface area contributed by atoms with E-state index < -0.39 is 0 Å². The highest BCUT2D eigenvalue weighted by Crippen LogP contribution is 2.31. The SMILES string of the molecule is CCOc1ccc(/C=N\N(C(C)=O)c2nc3ccc(OC)cc3s2)cc1. The Morgan fingerprint density at radius 3 is 2.62 bits per heavy atom. The molecular formula is C19H19N3O3S. The number of aromatic nitrogens is 1. The van der Waals surface area contributed by atoms with Crippen LogP contribution in [0.4, 0.5) is 5.13 Å². The minimum atomic E-state index is -0.210. The summed E-state index contributed by atoms with van der Waals surface area (Å²) in [4.78, 5) is 16.5. The van der Waals surface area contributed by atoms with Gasteiger partial charge in [-0.25, -0.2) is 4.98 Å². The number of hydrogen-bond acceptors (Lipinski definition) is 6. The molecule has 0 atom stereocenters. The van der Waals surface area contributed by atoms with E-state index in [2.05, 4.69) is 10.1 Å². The van der Waals surface area contributed by atoms with E-state index in [1.807, 2.05) is 49.4 Å². The smallest absolute Gasteiger partial charge is 0.246 e. The highest BCUT2D eigenvalue weighted by Gasteiger charge is 2.15. The lowest BCUT2D eigenvalue weighted by atomic mass is 10.2. The number of ether oxygens (including phenoxy) is 2. The van der Waals surface area contributed by atoms with Gasteiger partial charge in [-0.3, -0.25) is 4.79 Å². The molecule has 0 aliphatic carbocycles. The van der Waals surface area contributed by atoms with Gasteiger partial charge in [0.25, 0.3) is 0 Å². The van der Waals surface area contributed by atoms with E-state index in [9.17, 15) is 4.79 Å². The summed E-state index contributed by atoms with van der Waals surface area (Å²) in [6.07, 6.45) is 1.63. The van der Waals surface area contributed by atoms with Gasteiger partial charge in [-0.2, -0.15) is 10.1 Å². The van der Waals surface area contributed by atoms with Gasteiger partial charge in [-0.05, 0) is 55.0 Å². The topological polar surface area (TPSA) is 64.0 Å². The second kappa shape index (κ2) is 7.97. The lowest BCUT2D eigenvalue weighted by Gasteiger charge is -2.10. The molecule has 6 nitrogen and oxygen atoms in total. The van der Waals surface area contributed by atoms with Crippen LogP contribution in [-0.2, 0) is 4.79 Å². The van der Waals surface area contributed by atoms with Gasteiger partial charge in [-0.15, -0.1) is 0 Å². The number of carbonyl (C=O) groups excluding carboxylic acids is 1. The van der Waals surface area contributed by atoms with E-state index in [-0.39, 0.29) is 5.91 Å². The van der Waals surface area contributed by atoms with Crippen LogP contribution in [0.3, 0.4) is 0 Å². The van der Waals surface area contributed by atoms with Crippen molar-refractivity contribution in [2.24, 2.45) is 5.10 Å². The van der Waals surface area contributed by atoms with E-state index in [0.29, 0.717) is 11.7 Å². The zero-order valence-electron chi connectivity index (χ0n) is 14.8. The van der Waals surface area contributed by atoms with E-state index in [1.54, 1.807) is 13.3 Å². The Kier molecular flexibility index (Phi) is 5.48. The van der Waals surface area contributed by atoms with Crippen LogP contribution in [-0.4, -0.2) is 30.8 Å². The van der Waals surface area contributed by atoms with Crippen LogP contribution in [0.2, 0.25) is 0 Å². The number of rotatable bonds is 6. The molecule has 0 aliphatic rings. The molecule has 0 N–H and O–H groups in total. The number of amides is 1. The van der Waals surface area contributed by atoms with Crippen LogP contribution in [0, 0.1) is 0 Å². The Morgan fingerprint density at radius 2 is 1.96 bits per heavy atom. The summed E-state index contributed by atoms with van der Waals surface area (Å²) < 4.78 is 11.6. The van der Waals surface area contributed by atoms with Crippen molar-refractivity contribution in [1.82, 2.24) is 4.98 Å². The highest BCUT2D eigenvalue weighted by atomic mass is 32.1. The van der Waals surface area contributed by atoms with Gasteiger partial charge in [0.05, 0.1) is 30.1 Å². The van der Waals surface area contributed by atoms with Crippen LogP contribution in [0.25, 0.3) is 10.2 Å². The van der Waals surface area contributed by atoms with Gasteiger partial charge in [0.15, 0.2) is 0 Å². The van der Waals surface area contributed by atoms with Gasteiger partial charge >= 0.3 is 0 Å². The summed E-state index contributed by atoms with van der Waals surface area (Å²) in [5.74, 6) is 1.34. The molecule has 0 aliphatic heterocycles. The molecule has 134 valence electrons. The van der Waals surface area contributed by atoms with E-state index in [1.165, 1.54) is 23.3 Å². The summed E-state index contributed by atoms with van der Waals surface area (Å²) in [6, 6.07) is 13.1. The predicted octanol–water partition coefficient (Wildman–Crippen LogP) is 4.09. The first kappa shape index (κ1) is 17.9. The van der Waals surface area contributed by atoms with E-state index in [4.69, 9.17) is 9.47 Å². The largest absolute Gasteiger partial charge is 0.497 e. The van der Waals surface area contributed by atoms with E-state index >= 15 is 0 Å². The number of thiazole rings is 1. The van der Waals surface area contributed by atoms with Gasteiger partial charge < -0.3 is 9.47 Å². The number of carbonyl (C=O) groups is 1. The van der Waals surface area contributed by atoms with E-state index in [0.717, 1.165) is 27.3 Å². The first-order chi connectivity index (χ1) is 12.6. The molecule has 3 rings (SSSR count). The zero-order chi connectivity index (χ0) is 18.5. The third-order valence-electron chi connectivity index (χ3n) is 3.58. The van der Waals surface area contributed by atoms with Crippen molar-refractivity contribution >= 4 is 38.8 Å². The van der Waals surface area contributed by atoms with Crippen LogP contribution in [0.5, 0.6) is 11.5 Å². The second-order valence-electron chi connectivity index (χ2n) is 5.41. The van der Waals surface area contributed by atoms with Crippen molar-refractivity contribution in [3.8, 4) is 11.5 Å². The highest BCUT2D eigenvalue weighted by molar-refractivity contribution is 7.22. The fourth-order valence-corrected chi connectivity index (χ4v) is 3.31. The molecule has 0 saturated heterocycles. The molecule has 0 spiro atoms. The third-order valence-corrected chi connectivity index (χ3v) is 4.57. The first-order valence-corrected chi connectivity index (χ1v) is 8.94. The molecule has 0 radical (unpaired) electrons. The zero-order valence-corrected chi connectivity index (χ0v) is 15.6. The normalized spacial score (nSPS) is 11.0. The van der Waals surface area contributed by atoms with Crippen molar-refractivity contribution in [3.63, 3.8) is 0 Å². The summed E-state index contributed by atoms with van der Waals surface area (Å²) >= 11 is 1.39. The Hall–Kier alpha value is -2.93. The number of anilines is 1. The molecule has 1 heterocycles. The van der Waals surface area contributed by atoms with Gasteiger partial charge in [0.1, 0.15) is 11.5 Å². The van der Waals surface area contributed by atoms with Gasteiger partial charge in [0.2, 0.25) is 11.0 Å². The number of benzene rings is 2. The first-order valence-electron chi connectivity index (χ1n) is 8.13. The fourth-order valence-electron chi connectivity index (χ4n) is 2.32. The molecule has 2 aromatic carbocycles. The lowest BCUT2D eigenvalue weighted by Crippen LogP contribution is -2.22. The standard InChI is InChI=1S/C19H19N3O3S/c1-4-25-15-7-5-14(6-8-15)12-20-22(13(2)23)19-21-17-10-9-16(24-3)11-18(17)26-19/h5-12H,4H2,1-3H3/b20-12-. The lowest BCUT2D eigenvalue weighted by molar-refractivity contribution is -0.116. The molecule has 3 aromatic rings. The molecular weight excluding hydrogens is 350 g/mol. The number of hydrogen-bond donors (Lipinski definition) is 0. The summed E-state index contributed by atoms with van der Waals surface area (Å²) in [7, 11) is 1.62. The van der Waals surface area contributed by atoms with Gasteiger partial charge in [0, 0.05) is 6.92 Å². The van der Waals surface area contributed by atoms with Crippen molar-refractivity contribution in [2.45, 2.75) is 13.8 Å². The van der Waals surface area contributed by atoms with Crippen LogP contribution >= 0.6 is 11.3 Å². The Morgan fingerprint density at radius 1 is 1.23 bits per heavy atom. The van der Waals surface area contributed by atoms with Crippen molar-refractivity contribution in [3.05, 3.63) is 48.0 Å². The maximum Gasteiger partial charge on any atom is 0.246 e. The molecule has 26 heavy (non-hydrogen) atoms. The maximum absolute atomic E-state index is 12.0. The monoisotopic (exact) mass is 369 g/mol. The van der Waals surface area contributed by atoms with Crippen molar-refractivity contribution < 1.29 is 14.3 Å². The second-order valence-corrected chi connectivity index (χ2v) is 6.42. The average molecular weight is 369 g/mol. The Bertz CT molecular complexity index is 935. The maximum atomic E-state index is 12.0. The summed E-state index contributed by atoms with van der Waals surface area (Å²) in [5.41, 5.74) is 1.66.